The summed E-state index contributed by atoms with van der Waals surface area (Å²) in [6, 6.07) is 3.57. The number of pyridine rings is 1. The van der Waals surface area contributed by atoms with E-state index < -0.39 is 0 Å². The summed E-state index contributed by atoms with van der Waals surface area (Å²) < 4.78 is 4.75. The van der Waals surface area contributed by atoms with Crippen molar-refractivity contribution in [1.82, 2.24) is 19.7 Å². The molecule has 0 N–H and O–H groups in total. The second kappa shape index (κ2) is 7.61. The normalized spacial score (nSPS) is 20.0. The fourth-order valence-corrected chi connectivity index (χ4v) is 3.46. The number of amides is 2. The molecule has 2 aliphatic rings. The van der Waals surface area contributed by atoms with Gasteiger partial charge in [-0.05, 0) is 37.6 Å². The molecule has 0 radical (unpaired) electrons. The quantitative estimate of drug-likeness (QED) is 0.830. The van der Waals surface area contributed by atoms with Crippen LogP contribution in [0.5, 0.6) is 0 Å². The summed E-state index contributed by atoms with van der Waals surface area (Å²) in [6.07, 6.45) is 5.43. The molecule has 7 heteroatoms. The molecule has 1 aromatic rings. The van der Waals surface area contributed by atoms with Gasteiger partial charge in [0.15, 0.2) is 0 Å². The van der Waals surface area contributed by atoms with Gasteiger partial charge in [-0.25, -0.2) is 4.79 Å². The number of carbonyl (C=O) groups is 2. The van der Waals surface area contributed by atoms with Crippen molar-refractivity contribution in [3.63, 3.8) is 0 Å². The van der Waals surface area contributed by atoms with Gasteiger partial charge in [-0.2, -0.15) is 0 Å². The molecule has 0 unspecified atom stereocenters. The summed E-state index contributed by atoms with van der Waals surface area (Å²) >= 11 is 0. The van der Waals surface area contributed by atoms with E-state index in [-0.39, 0.29) is 18.0 Å². The van der Waals surface area contributed by atoms with E-state index >= 15 is 0 Å². The van der Waals surface area contributed by atoms with Gasteiger partial charge >= 0.3 is 6.09 Å². The van der Waals surface area contributed by atoms with Crippen LogP contribution in [0.1, 0.15) is 24.4 Å². The standard InChI is InChI=1S/C17H24N4O3/c1-24-17(23)21-11-9-20(10-12-21)16(22)15(19-7-2-3-8-19)14-5-4-6-18-13-14/h4-6,13,15H,2-3,7-12H2,1H3/t15-/m0/s1. The Morgan fingerprint density at radius 1 is 1.08 bits per heavy atom. The van der Waals surface area contributed by atoms with Crippen LogP contribution in [-0.2, 0) is 9.53 Å². The van der Waals surface area contributed by atoms with Crippen molar-refractivity contribution in [1.29, 1.82) is 0 Å². The molecule has 130 valence electrons. The number of methoxy groups -OCH3 is 1. The highest BCUT2D eigenvalue weighted by molar-refractivity contribution is 5.83. The molecule has 7 nitrogen and oxygen atoms in total. The van der Waals surface area contributed by atoms with Crippen molar-refractivity contribution in [3.05, 3.63) is 30.1 Å². The van der Waals surface area contributed by atoms with Gasteiger partial charge in [0, 0.05) is 38.6 Å². The lowest BCUT2D eigenvalue weighted by atomic mass is 10.1. The van der Waals surface area contributed by atoms with Crippen LogP contribution in [0.25, 0.3) is 0 Å². The monoisotopic (exact) mass is 332 g/mol. The van der Waals surface area contributed by atoms with Gasteiger partial charge in [0.25, 0.3) is 0 Å². The first-order valence-corrected chi connectivity index (χ1v) is 8.46. The topological polar surface area (TPSA) is 66.0 Å². The molecule has 0 spiro atoms. The maximum absolute atomic E-state index is 13.2. The Morgan fingerprint density at radius 3 is 2.33 bits per heavy atom. The van der Waals surface area contributed by atoms with E-state index in [2.05, 4.69) is 9.88 Å². The molecule has 0 aliphatic carbocycles. The number of likely N-dealkylation sites (tertiary alicyclic amines) is 1. The molecule has 3 rings (SSSR count). The highest BCUT2D eigenvalue weighted by atomic mass is 16.5. The van der Waals surface area contributed by atoms with Crippen LogP contribution < -0.4 is 0 Å². The van der Waals surface area contributed by atoms with E-state index in [0.29, 0.717) is 26.2 Å². The second-order valence-electron chi connectivity index (χ2n) is 6.21. The van der Waals surface area contributed by atoms with Crippen molar-refractivity contribution < 1.29 is 14.3 Å². The van der Waals surface area contributed by atoms with Gasteiger partial charge in [-0.1, -0.05) is 6.07 Å². The number of carbonyl (C=O) groups excluding carboxylic acids is 2. The molecule has 0 saturated carbocycles. The lowest BCUT2D eigenvalue weighted by Gasteiger charge is -2.37. The zero-order chi connectivity index (χ0) is 16.9. The van der Waals surface area contributed by atoms with E-state index in [0.717, 1.165) is 31.5 Å². The number of nitrogens with zero attached hydrogens (tertiary/aromatic N) is 4. The highest BCUT2D eigenvalue weighted by Crippen LogP contribution is 2.27. The molecule has 1 aromatic heterocycles. The summed E-state index contributed by atoms with van der Waals surface area (Å²) in [5.74, 6) is 0.106. The molecular formula is C17H24N4O3. The fraction of sp³-hybridized carbons (Fsp3) is 0.588. The molecule has 1 atom stereocenters. The van der Waals surface area contributed by atoms with Crippen LogP contribution in [0.4, 0.5) is 4.79 Å². The lowest BCUT2D eigenvalue weighted by molar-refractivity contribution is -0.138. The maximum Gasteiger partial charge on any atom is 0.409 e. The number of ether oxygens (including phenoxy) is 1. The SMILES string of the molecule is COC(=O)N1CCN(C(=O)[C@H](c2cccnc2)N2CCCC2)CC1. The maximum atomic E-state index is 13.2. The smallest absolute Gasteiger partial charge is 0.409 e. The summed E-state index contributed by atoms with van der Waals surface area (Å²) in [5, 5.41) is 0. The van der Waals surface area contributed by atoms with Crippen LogP contribution in [0.2, 0.25) is 0 Å². The van der Waals surface area contributed by atoms with Crippen molar-refractivity contribution in [2.75, 3.05) is 46.4 Å². The molecule has 2 fully saturated rings. The molecule has 24 heavy (non-hydrogen) atoms. The Labute approximate surface area is 142 Å². The Hall–Kier alpha value is -2.15. The molecule has 0 bridgehead atoms. The number of hydrogen-bond donors (Lipinski definition) is 0. The van der Waals surface area contributed by atoms with Gasteiger partial charge in [-0.3, -0.25) is 14.7 Å². The van der Waals surface area contributed by atoms with E-state index in [1.54, 1.807) is 17.3 Å². The summed E-state index contributed by atoms with van der Waals surface area (Å²) in [4.78, 5) is 34.7. The molecule has 3 heterocycles. The molecule has 0 aromatic carbocycles. The predicted octanol–water partition coefficient (Wildman–Crippen LogP) is 1.13. The number of hydrogen-bond acceptors (Lipinski definition) is 5. The van der Waals surface area contributed by atoms with Crippen LogP contribution in [0, 0.1) is 0 Å². The Balaban J connectivity index is 1.71. The van der Waals surface area contributed by atoms with Gasteiger partial charge in [0.1, 0.15) is 6.04 Å². The number of piperazine rings is 1. The van der Waals surface area contributed by atoms with Gasteiger partial charge < -0.3 is 14.5 Å². The average Bonchev–Trinajstić information content (AvgIpc) is 3.16. The lowest BCUT2D eigenvalue weighted by Crippen LogP contribution is -2.53. The van der Waals surface area contributed by atoms with Crippen molar-refractivity contribution in [2.24, 2.45) is 0 Å². The van der Waals surface area contributed by atoms with E-state index in [1.165, 1.54) is 7.11 Å². The van der Waals surface area contributed by atoms with Crippen molar-refractivity contribution >= 4 is 12.0 Å². The fourth-order valence-electron chi connectivity index (χ4n) is 3.46. The van der Waals surface area contributed by atoms with Crippen LogP contribution in [0.3, 0.4) is 0 Å². The average molecular weight is 332 g/mol. The minimum absolute atomic E-state index is 0.106. The van der Waals surface area contributed by atoms with Crippen molar-refractivity contribution in [2.45, 2.75) is 18.9 Å². The molecular weight excluding hydrogens is 308 g/mol. The summed E-state index contributed by atoms with van der Waals surface area (Å²) in [7, 11) is 1.38. The van der Waals surface area contributed by atoms with Crippen LogP contribution >= 0.6 is 0 Å². The zero-order valence-corrected chi connectivity index (χ0v) is 14.1. The minimum Gasteiger partial charge on any atom is -0.453 e. The number of rotatable bonds is 3. The van der Waals surface area contributed by atoms with E-state index in [4.69, 9.17) is 4.74 Å². The summed E-state index contributed by atoms with van der Waals surface area (Å²) in [6.45, 7) is 3.98. The largest absolute Gasteiger partial charge is 0.453 e. The van der Waals surface area contributed by atoms with E-state index in [9.17, 15) is 9.59 Å². The second-order valence-corrected chi connectivity index (χ2v) is 6.21. The molecule has 2 aliphatic heterocycles. The van der Waals surface area contributed by atoms with Crippen LogP contribution in [0.15, 0.2) is 24.5 Å². The third-order valence-corrected chi connectivity index (χ3v) is 4.76. The predicted molar refractivity (Wildman–Crippen MR) is 88.3 cm³/mol. The third-order valence-electron chi connectivity index (χ3n) is 4.76. The summed E-state index contributed by atoms with van der Waals surface area (Å²) in [5.41, 5.74) is 0.944. The first-order valence-electron chi connectivity index (χ1n) is 8.46. The zero-order valence-electron chi connectivity index (χ0n) is 14.1. The third kappa shape index (κ3) is 3.51. The van der Waals surface area contributed by atoms with E-state index in [1.807, 2.05) is 17.0 Å². The van der Waals surface area contributed by atoms with Crippen molar-refractivity contribution in [3.8, 4) is 0 Å². The minimum atomic E-state index is -0.328. The first kappa shape index (κ1) is 16.7. The van der Waals surface area contributed by atoms with Gasteiger partial charge in [0.2, 0.25) is 5.91 Å². The van der Waals surface area contributed by atoms with Gasteiger partial charge in [0.05, 0.1) is 7.11 Å². The Bertz CT molecular complexity index is 566. The Kier molecular flexibility index (Phi) is 5.30. The van der Waals surface area contributed by atoms with Crippen LogP contribution in [-0.4, -0.2) is 78.1 Å². The Morgan fingerprint density at radius 2 is 1.75 bits per heavy atom. The molecule has 2 amide bonds. The highest BCUT2D eigenvalue weighted by Gasteiger charge is 2.34. The number of aromatic nitrogens is 1. The van der Waals surface area contributed by atoms with Gasteiger partial charge in [-0.15, -0.1) is 0 Å². The molecule has 2 saturated heterocycles. The first-order chi connectivity index (χ1) is 11.7.